The number of aromatic nitrogens is 5. The normalized spacial score (nSPS) is 21.0. The van der Waals surface area contributed by atoms with E-state index in [1.54, 1.807) is 19.2 Å². The van der Waals surface area contributed by atoms with Crippen molar-refractivity contribution in [1.29, 1.82) is 0 Å². The van der Waals surface area contributed by atoms with E-state index < -0.39 is 5.82 Å². The van der Waals surface area contributed by atoms with Crippen molar-refractivity contribution < 1.29 is 9.13 Å². The molecule has 11 heteroatoms. The minimum Gasteiger partial charge on any atom is -0.367 e. The highest BCUT2D eigenvalue weighted by molar-refractivity contribution is 7.16. The summed E-state index contributed by atoms with van der Waals surface area (Å²) in [6, 6.07) is 5.20. The first kappa shape index (κ1) is 23.6. The quantitative estimate of drug-likeness (QED) is 0.365. The van der Waals surface area contributed by atoms with Crippen LogP contribution >= 0.6 is 22.9 Å². The minimum absolute atomic E-state index is 0.0370. The second-order valence-electron chi connectivity index (χ2n) is 9.33. The number of anilines is 1. The lowest BCUT2D eigenvalue weighted by molar-refractivity contribution is -0.0178. The fourth-order valence-corrected chi connectivity index (χ4v) is 6.01. The minimum atomic E-state index is -0.416. The molecule has 0 amide bonds. The molecule has 1 saturated carbocycles. The van der Waals surface area contributed by atoms with Crippen LogP contribution in [0, 0.1) is 5.82 Å². The molecule has 2 atom stereocenters. The number of hydrogen-bond acceptors (Lipinski definition) is 7. The Hall–Kier alpha value is -2.82. The number of benzene rings is 1. The number of ether oxygens (including phenoxy) is 1. The van der Waals surface area contributed by atoms with Gasteiger partial charge in [-0.15, -0.1) is 0 Å². The molecule has 0 spiro atoms. The predicted molar refractivity (Wildman–Crippen MR) is 139 cm³/mol. The molecule has 1 aliphatic carbocycles. The van der Waals surface area contributed by atoms with Gasteiger partial charge < -0.3 is 14.2 Å². The van der Waals surface area contributed by atoms with Crippen LogP contribution in [0.15, 0.2) is 35.6 Å². The molecule has 2 fully saturated rings. The van der Waals surface area contributed by atoms with Gasteiger partial charge in [0.2, 0.25) is 5.95 Å². The van der Waals surface area contributed by atoms with Crippen LogP contribution < -0.4 is 9.70 Å². The first-order valence-corrected chi connectivity index (χ1v) is 13.4. The molecule has 188 valence electrons. The Morgan fingerprint density at radius 3 is 2.81 bits per heavy atom. The molecule has 6 rings (SSSR count). The lowest BCUT2D eigenvalue weighted by Gasteiger charge is -2.36. The van der Waals surface area contributed by atoms with Gasteiger partial charge in [-0.3, -0.25) is 9.67 Å². The SMILES string of the molecule is CCn1c(=NC)sc2c(-c3ccc(Cl)cc3F)nc(N3C[C@H](C)O[C@@H](c4cnn(C5CC5)c4)C3)nc21. The van der Waals surface area contributed by atoms with Crippen LogP contribution in [-0.2, 0) is 11.3 Å². The number of morpholine rings is 1. The molecule has 1 saturated heterocycles. The van der Waals surface area contributed by atoms with Gasteiger partial charge >= 0.3 is 0 Å². The van der Waals surface area contributed by atoms with Crippen molar-refractivity contribution in [2.24, 2.45) is 4.99 Å². The van der Waals surface area contributed by atoms with Gasteiger partial charge in [-0.05, 0) is 44.9 Å². The van der Waals surface area contributed by atoms with E-state index in [0.717, 1.165) is 20.7 Å². The molecule has 8 nitrogen and oxygen atoms in total. The first-order chi connectivity index (χ1) is 17.4. The van der Waals surface area contributed by atoms with E-state index in [9.17, 15) is 0 Å². The maximum Gasteiger partial charge on any atom is 0.228 e. The average molecular weight is 528 g/mol. The van der Waals surface area contributed by atoms with Crippen LogP contribution in [0.25, 0.3) is 21.6 Å². The summed E-state index contributed by atoms with van der Waals surface area (Å²) in [5.41, 5.74) is 2.73. The third-order valence-electron chi connectivity index (χ3n) is 6.67. The van der Waals surface area contributed by atoms with Gasteiger partial charge in [-0.2, -0.15) is 10.1 Å². The summed E-state index contributed by atoms with van der Waals surface area (Å²) in [5, 5.41) is 4.89. The van der Waals surface area contributed by atoms with Crippen LogP contribution in [0.2, 0.25) is 5.02 Å². The van der Waals surface area contributed by atoms with Crippen molar-refractivity contribution in [3.05, 3.63) is 51.8 Å². The molecular formula is C25H27ClFN7OS. The molecule has 0 radical (unpaired) electrons. The molecule has 0 bridgehead atoms. The van der Waals surface area contributed by atoms with E-state index in [1.165, 1.54) is 30.2 Å². The van der Waals surface area contributed by atoms with Crippen molar-refractivity contribution >= 4 is 39.2 Å². The van der Waals surface area contributed by atoms with Crippen molar-refractivity contribution in [2.45, 2.75) is 51.5 Å². The summed E-state index contributed by atoms with van der Waals surface area (Å²) in [6.07, 6.45) is 6.16. The number of rotatable bonds is 5. The zero-order chi connectivity index (χ0) is 25.0. The van der Waals surface area contributed by atoms with Gasteiger partial charge in [-0.1, -0.05) is 22.9 Å². The summed E-state index contributed by atoms with van der Waals surface area (Å²) in [4.78, 5) is 17.3. The molecule has 36 heavy (non-hydrogen) atoms. The second kappa shape index (κ2) is 9.24. The van der Waals surface area contributed by atoms with Gasteiger partial charge in [0.15, 0.2) is 10.4 Å². The number of fused-ring (bicyclic) bond motifs is 1. The van der Waals surface area contributed by atoms with Gasteiger partial charge in [0.1, 0.15) is 16.6 Å². The Bertz CT molecular complexity index is 1510. The molecule has 1 aliphatic heterocycles. The number of halogens is 2. The smallest absolute Gasteiger partial charge is 0.228 e. The fourth-order valence-electron chi connectivity index (χ4n) is 4.75. The molecule has 0 unspecified atom stereocenters. The highest BCUT2D eigenvalue weighted by atomic mass is 35.5. The van der Waals surface area contributed by atoms with E-state index in [-0.39, 0.29) is 12.2 Å². The summed E-state index contributed by atoms with van der Waals surface area (Å²) < 4.78 is 26.3. The van der Waals surface area contributed by atoms with E-state index in [2.05, 4.69) is 28.1 Å². The van der Waals surface area contributed by atoms with Crippen LogP contribution in [0.4, 0.5) is 10.3 Å². The predicted octanol–water partition coefficient (Wildman–Crippen LogP) is 5.00. The monoisotopic (exact) mass is 527 g/mol. The van der Waals surface area contributed by atoms with Crippen molar-refractivity contribution in [1.82, 2.24) is 24.3 Å². The third-order valence-corrected chi connectivity index (χ3v) is 8.07. The molecule has 4 aromatic rings. The fraction of sp³-hybridized carbons (Fsp3) is 0.440. The standard InChI is InChI=1S/C25H27ClFN7OS/c1-4-33-23-22(36-25(33)28-3)21(18-8-5-16(26)9-19(18)27)30-24(31-23)32-11-14(2)35-20(13-32)15-10-29-34(12-15)17-6-7-17/h5,8-10,12,14,17,20H,4,6-7,11,13H2,1-3H3/t14-,20+/m0/s1. The topological polar surface area (TPSA) is 73.4 Å². The Kier molecular flexibility index (Phi) is 6.05. The third kappa shape index (κ3) is 4.21. The Labute approximate surface area is 217 Å². The Morgan fingerprint density at radius 1 is 1.25 bits per heavy atom. The maximum absolute atomic E-state index is 15.1. The summed E-state index contributed by atoms with van der Waals surface area (Å²) in [7, 11) is 1.75. The van der Waals surface area contributed by atoms with Crippen LogP contribution in [0.1, 0.15) is 44.4 Å². The molecular weight excluding hydrogens is 501 g/mol. The second-order valence-corrected chi connectivity index (χ2v) is 10.7. The highest BCUT2D eigenvalue weighted by Gasteiger charge is 2.32. The highest BCUT2D eigenvalue weighted by Crippen LogP contribution is 2.37. The lowest BCUT2D eigenvalue weighted by atomic mass is 10.1. The van der Waals surface area contributed by atoms with Gasteiger partial charge in [0, 0.05) is 42.5 Å². The van der Waals surface area contributed by atoms with Gasteiger partial charge in [-0.25, -0.2) is 9.37 Å². The average Bonchev–Trinajstić information content (AvgIpc) is 3.47. The van der Waals surface area contributed by atoms with E-state index in [4.69, 9.17) is 26.3 Å². The summed E-state index contributed by atoms with van der Waals surface area (Å²) >= 11 is 7.51. The molecule has 0 N–H and O–H groups in total. The molecule has 4 heterocycles. The van der Waals surface area contributed by atoms with Crippen LogP contribution in [-0.4, -0.2) is 50.6 Å². The number of aryl methyl sites for hydroxylation is 1. The van der Waals surface area contributed by atoms with E-state index in [0.29, 0.717) is 47.9 Å². The van der Waals surface area contributed by atoms with Gasteiger partial charge in [0.05, 0.1) is 30.6 Å². The van der Waals surface area contributed by atoms with E-state index in [1.807, 2.05) is 22.4 Å². The van der Waals surface area contributed by atoms with Crippen molar-refractivity contribution in [2.75, 3.05) is 25.0 Å². The Balaban J connectivity index is 1.46. The summed E-state index contributed by atoms with van der Waals surface area (Å²) in [6.45, 7) is 6.00. The maximum atomic E-state index is 15.1. The lowest BCUT2D eigenvalue weighted by Crippen LogP contribution is -2.43. The van der Waals surface area contributed by atoms with Crippen LogP contribution in [0.5, 0.6) is 0 Å². The summed E-state index contributed by atoms with van der Waals surface area (Å²) in [5.74, 6) is 0.129. The van der Waals surface area contributed by atoms with Crippen LogP contribution in [0.3, 0.4) is 0 Å². The Morgan fingerprint density at radius 2 is 2.08 bits per heavy atom. The van der Waals surface area contributed by atoms with E-state index >= 15 is 4.39 Å². The molecule has 2 aliphatic rings. The van der Waals surface area contributed by atoms with Crippen molar-refractivity contribution in [3.63, 3.8) is 0 Å². The zero-order valence-corrected chi connectivity index (χ0v) is 21.9. The number of nitrogens with zero attached hydrogens (tertiary/aromatic N) is 7. The molecule has 1 aromatic carbocycles. The number of hydrogen-bond donors (Lipinski definition) is 0. The molecule has 3 aromatic heterocycles. The zero-order valence-electron chi connectivity index (χ0n) is 20.4. The van der Waals surface area contributed by atoms with Crippen molar-refractivity contribution in [3.8, 4) is 11.3 Å². The first-order valence-electron chi connectivity index (χ1n) is 12.2. The number of thiazole rings is 1. The largest absolute Gasteiger partial charge is 0.367 e. The van der Waals surface area contributed by atoms with Gasteiger partial charge in [0.25, 0.3) is 0 Å².